The van der Waals surface area contributed by atoms with Crippen molar-refractivity contribution < 1.29 is 24.5 Å². The number of hydrogen-bond donors (Lipinski definition) is 2. The van der Waals surface area contributed by atoms with E-state index in [0.29, 0.717) is 11.7 Å². The molecule has 6 rings (SSSR count). The summed E-state index contributed by atoms with van der Waals surface area (Å²) in [6.45, 7) is 10.4. The maximum absolute atomic E-state index is 13.5. The molecule has 6 aliphatic rings. The Balaban J connectivity index is 1.46. The first kappa shape index (κ1) is 22.0. The van der Waals surface area contributed by atoms with E-state index >= 15 is 0 Å². The smallest absolute Gasteiger partial charge is 0.343 e. The zero-order valence-electron chi connectivity index (χ0n) is 20.5. The molecule has 1 heterocycles. The van der Waals surface area contributed by atoms with Gasteiger partial charge in [-0.2, -0.15) is 0 Å². The van der Waals surface area contributed by atoms with Gasteiger partial charge in [-0.05, 0) is 98.4 Å². The molecule has 33 heavy (non-hydrogen) atoms. The fourth-order valence-electron chi connectivity index (χ4n) is 10.1. The van der Waals surface area contributed by atoms with Crippen molar-refractivity contribution in [3.8, 4) is 0 Å². The Morgan fingerprint density at radius 3 is 2.48 bits per heavy atom. The molecular weight excluding hydrogens is 416 g/mol. The Labute approximate surface area is 196 Å². The number of fused-ring (bicyclic) bond motifs is 9. The van der Waals surface area contributed by atoms with E-state index in [2.05, 4.69) is 39.0 Å². The highest BCUT2D eigenvalue weighted by Crippen LogP contribution is 2.74. The Bertz CT molecular complexity index is 994. The van der Waals surface area contributed by atoms with E-state index in [1.807, 2.05) is 6.92 Å². The quantitative estimate of drug-likeness (QED) is 0.426. The van der Waals surface area contributed by atoms with Crippen LogP contribution in [0.15, 0.2) is 24.0 Å². The first-order valence-electron chi connectivity index (χ1n) is 12.9. The second-order valence-corrected chi connectivity index (χ2v) is 13.1. The molecule has 0 bridgehead atoms. The first-order chi connectivity index (χ1) is 15.4. The number of carbonyl (C=O) groups excluding carboxylic acids is 2. The molecule has 1 aliphatic heterocycles. The largest absolute Gasteiger partial charge is 0.429 e. The van der Waals surface area contributed by atoms with Crippen LogP contribution in [0.2, 0.25) is 0 Å². The number of ether oxygens (including phenoxy) is 1. The zero-order chi connectivity index (χ0) is 23.7. The van der Waals surface area contributed by atoms with Crippen molar-refractivity contribution in [1.29, 1.82) is 0 Å². The number of aliphatic hydroxyl groups is 2. The van der Waals surface area contributed by atoms with E-state index in [1.165, 1.54) is 0 Å². The summed E-state index contributed by atoms with van der Waals surface area (Å²) in [5.41, 5.74) is -2.49. The van der Waals surface area contributed by atoms with Gasteiger partial charge in [-0.15, -0.1) is 0 Å². The molecule has 0 aromatic heterocycles. The van der Waals surface area contributed by atoms with E-state index in [-0.39, 0.29) is 52.1 Å². The lowest BCUT2D eigenvalue weighted by molar-refractivity contribution is -0.174. The third kappa shape index (κ3) is 2.32. The highest BCUT2D eigenvalue weighted by atomic mass is 16.6. The molecule has 3 saturated carbocycles. The van der Waals surface area contributed by atoms with Crippen LogP contribution in [0.1, 0.15) is 66.7 Å². The minimum absolute atomic E-state index is 0.0340. The van der Waals surface area contributed by atoms with Gasteiger partial charge >= 0.3 is 5.97 Å². The number of ketones is 1. The molecule has 8 unspecified atom stereocenters. The maximum Gasteiger partial charge on any atom is 0.343 e. The topological polar surface area (TPSA) is 83.8 Å². The monoisotopic (exact) mass is 454 g/mol. The van der Waals surface area contributed by atoms with E-state index in [1.54, 1.807) is 6.92 Å². The Morgan fingerprint density at radius 1 is 1.03 bits per heavy atom. The summed E-state index contributed by atoms with van der Waals surface area (Å²) >= 11 is 0. The van der Waals surface area contributed by atoms with Gasteiger partial charge in [0.25, 0.3) is 0 Å². The van der Waals surface area contributed by atoms with E-state index < -0.39 is 23.1 Å². The second kappa shape index (κ2) is 6.40. The number of hydrogen-bond acceptors (Lipinski definition) is 5. The molecule has 1 saturated heterocycles. The lowest BCUT2D eigenvalue weighted by Gasteiger charge is -2.60. The highest BCUT2D eigenvalue weighted by molar-refractivity contribution is 5.88. The van der Waals surface area contributed by atoms with Crippen molar-refractivity contribution in [3.05, 3.63) is 24.0 Å². The lowest BCUT2D eigenvalue weighted by Crippen LogP contribution is -2.61. The molecule has 180 valence electrons. The average Bonchev–Trinajstić information content (AvgIpc) is 3.17. The van der Waals surface area contributed by atoms with Crippen molar-refractivity contribution >= 4 is 11.8 Å². The normalized spacial score (nSPS) is 59.1. The predicted octanol–water partition coefficient (Wildman–Crippen LogP) is 4.04. The van der Waals surface area contributed by atoms with Gasteiger partial charge in [-0.25, -0.2) is 4.79 Å². The van der Waals surface area contributed by atoms with Crippen LogP contribution in [0, 0.1) is 57.7 Å². The third-order valence-corrected chi connectivity index (χ3v) is 12.1. The summed E-state index contributed by atoms with van der Waals surface area (Å²) in [5.74, 6) is 1.02. The number of carbonyl (C=O) groups is 2. The molecule has 0 radical (unpaired) electrons. The van der Waals surface area contributed by atoms with E-state index in [9.17, 15) is 19.8 Å². The highest BCUT2D eigenvalue weighted by Gasteiger charge is 2.74. The van der Waals surface area contributed by atoms with Gasteiger partial charge in [0.2, 0.25) is 0 Å². The summed E-state index contributed by atoms with van der Waals surface area (Å²) < 4.78 is 5.64. The van der Waals surface area contributed by atoms with E-state index in [4.69, 9.17) is 4.74 Å². The minimum Gasteiger partial charge on any atom is -0.429 e. The van der Waals surface area contributed by atoms with Crippen molar-refractivity contribution in [1.82, 2.24) is 0 Å². The Kier molecular flexibility index (Phi) is 4.27. The van der Waals surface area contributed by atoms with Crippen LogP contribution in [0.25, 0.3) is 0 Å². The predicted molar refractivity (Wildman–Crippen MR) is 122 cm³/mol. The molecule has 5 aliphatic carbocycles. The van der Waals surface area contributed by atoms with Gasteiger partial charge in [0.05, 0.1) is 5.41 Å². The SMILES string of the molecule is CC1C=C2OC(=O)[C@@](C)(O)[C@]2(C)C2CC3C4C(O)C(=O)C5CC=CC[C@]5(C)C4CC[C@]3(C)C12. The maximum atomic E-state index is 13.5. The van der Waals surface area contributed by atoms with Gasteiger partial charge < -0.3 is 14.9 Å². The van der Waals surface area contributed by atoms with Crippen molar-refractivity contribution in [2.75, 3.05) is 0 Å². The van der Waals surface area contributed by atoms with Crippen molar-refractivity contribution in [3.63, 3.8) is 0 Å². The van der Waals surface area contributed by atoms with E-state index in [0.717, 1.165) is 32.1 Å². The number of Topliss-reactive ketones (excluding diaryl/α,β-unsaturated/α-hetero) is 1. The standard InChI is InChI=1S/C28H38O5/c1-14-12-19-27(4,28(5,32)24(31)33-19)18-13-17-20-15(9-11-26(17,3)21(14)18)25(2)10-7-6-8-16(25)22(29)23(20)30/h6-7,12,14-18,20-21,23,30,32H,8-11,13H2,1-5H3/t14?,15?,16?,17?,18?,20?,21?,23?,25-,26+,27-,28-/m1/s1. The third-order valence-electron chi connectivity index (χ3n) is 12.1. The van der Waals surface area contributed by atoms with Crippen LogP contribution in [0.3, 0.4) is 0 Å². The summed E-state index contributed by atoms with van der Waals surface area (Å²) in [6, 6.07) is 0. The van der Waals surface area contributed by atoms with Crippen molar-refractivity contribution in [2.24, 2.45) is 57.7 Å². The van der Waals surface area contributed by atoms with Crippen LogP contribution in [-0.4, -0.2) is 33.7 Å². The zero-order valence-corrected chi connectivity index (χ0v) is 20.5. The van der Waals surface area contributed by atoms with Crippen LogP contribution in [0.5, 0.6) is 0 Å². The fourth-order valence-corrected chi connectivity index (χ4v) is 10.1. The van der Waals surface area contributed by atoms with Gasteiger partial charge in [0.1, 0.15) is 11.9 Å². The van der Waals surface area contributed by atoms with Gasteiger partial charge in [-0.3, -0.25) is 4.79 Å². The molecule has 2 N–H and O–H groups in total. The number of aliphatic hydroxyl groups excluding tert-OH is 1. The number of allylic oxidation sites excluding steroid dienone is 3. The average molecular weight is 455 g/mol. The number of esters is 1. The Morgan fingerprint density at radius 2 is 1.76 bits per heavy atom. The minimum atomic E-state index is -1.57. The molecule has 12 atom stereocenters. The molecule has 0 spiro atoms. The van der Waals surface area contributed by atoms with Crippen LogP contribution in [-0.2, 0) is 14.3 Å². The second-order valence-electron chi connectivity index (χ2n) is 13.1. The molecule has 0 aromatic rings. The fraction of sp³-hybridized carbons (Fsp3) is 0.786. The van der Waals surface area contributed by atoms with Crippen LogP contribution in [0.4, 0.5) is 0 Å². The summed E-state index contributed by atoms with van der Waals surface area (Å²) in [6.07, 6.45) is 10.1. The van der Waals surface area contributed by atoms with Gasteiger partial charge in [0, 0.05) is 5.92 Å². The molecular formula is C28H38O5. The molecule has 5 heteroatoms. The number of rotatable bonds is 0. The summed E-state index contributed by atoms with van der Waals surface area (Å²) in [5, 5.41) is 22.8. The molecule has 0 amide bonds. The van der Waals surface area contributed by atoms with Crippen LogP contribution >= 0.6 is 0 Å². The first-order valence-corrected chi connectivity index (χ1v) is 12.9. The molecule has 4 fully saturated rings. The molecule has 5 nitrogen and oxygen atoms in total. The van der Waals surface area contributed by atoms with Gasteiger partial charge in [0.15, 0.2) is 11.4 Å². The Hall–Kier alpha value is -1.46. The van der Waals surface area contributed by atoms with Crippen LogP contribution < -0.4 is 0 Å². The molecule has 0 aromatic carbocycles. The van der Waals surface area contributed by atoms with Crippen molar-refractivity contribution in [2.45, 2.75) is 78.4 Å². The lowest BCUT2D eigenvalue weighted by atomic mass is 9.44. The summed E-state index contributed by atoms with van der Waals surface area (Å²) in [7, 11) is 0. The van der Waals surface area contributed by atoms with Gasteiger partial charge in [-0.1, -0.05) is 32.9 Å². The summed E-state index contributed by atoms with van der Waals surface area (Å²) in [4.78, 5) is 26.2.